The van der Waals surface area contributed by atoms with Gasteiger partial charge < -0.3 is 10.2 Å². The molecule has 0 saturated carbocycles. The molecule has 4 rings (SSSR count). The van der Waals surface area contributed by atoms with E-state index in [0.717, 1.165) is 18.5 Å². The largest absolute Gasteiger partial charge is 0.337 e. The van der Waals surface area contributed by atoms with E-state index in [1.165, 1.54) is 16.8 Å². The molecule has 2 aromatic heterocycles. The van der Waals surface area contributed by atoms with E-state index in [2.05, 4.69) is 25.8 Å². The lowest BCUT2D eigenvalue weighted by atomic mass is 9.93. The lowest BCUT2D eigenvalue weighted by Gasteiger charge is -2.30. The number of carbonyl (C=O) groups is 2. The van der Waals surface area contributed by atoms with Crippen molar-refractivity contribution in [3.63, 3.8) is 0 Å². The first-order valence-corrected chi connectivity index (χ1v) is 9.28. The number of hydrogen-bond acceptors (Lipinski definition) is 5. The van der Waals surface area contributed by atoms with Gasteiger partial charge in [-0.2, -0.15) is 5.10 Å². The molecule has 0 spiro atoms. The van der Waals surface area contributed by atoms with Crippen molar-refractivity contribution in [2.75, 3.05) is 18.4 Å². The molecule has 150 valence electrons. The second kappa shape index (κ2) is 7.82. The lowest BCUT2D eigenvalue weighted by molar-refractivity contribution is 0.0706. The number of nitrogens with zero attached hydrogens (tertiary/aromatic N) is 5. The fraction of sp³-hybridized carbons (Fsp3) is 0.316. The van der Waals surface area contributed by atoms with Crippen molar-refractivity contribution in [3.05, 3.63) is 59.4 Å². The molecule has 0 unspecified atom stereocenters. The van der Waals surface area contributed by atoms with Crippen LogP contribution >= 0.6 is 0 Å². The Hall–Kier alpha value is -3.56. The molecule has 29 heavy (non-hydrogen) atoms. The summed E-state index contributed by atoms with van der Waals surface area (Å²) in [4.78, 5) is 26.5. The third-order valence-electron chi connectivity index (χ3n) is 5.00. The zero-order valence-electron chi connectivity index (χ0n) is 15.8. The number of likely N-dealkylation sites (tertiary alicyclic amines) is 1. The van der Waals surface area contributed by atoms with Crippen molar-refractivity contribution in [2.45, 2.75) is 18.8 Å². The highest BCUT2D eigenvalue weighted by molar-refractivity contribution is 6.03. The molecular formula is C19H20FN7O2. The Kier molecular flexibility index (Phi) is 5.07. The summed E-state index contributed by atoms with van der Waals surface area (Å²) in [6.07, 6.45) is 3.08. The Morgan fingerprint density at radius 2 is 1.97 bits per heavy atom. The Labute approximate surface area is 165 Å². The van der Waals surface area contributed by atoms with Crippen LogP contribution < -0.4 is 5.32 Å². The highest BCUT2D eigenvalue weighted by atomic mass is 19.1. The minimum Gasteiger partial charge on any atom is -0.337 e. The van der Waals surface area contributed by atoms with Crippen LogP contribution in [0.15, 0.2) is 36.5 Å². The van der Waals surface area contributed by atoms with E-state index in [-0.39, 0.29) is 23.2 Å². The van der Waals surface area contributed by atoms with Gasteiger partial charge in [0.25, 0.3) is 11.8 Å². The fourth-order valence-electron chi connectivity index (χ4n) is 3.41. The molecule has 1 saturated heterocycles. The quantitative estimate of drug-likeness (QED) is 0.699. The van der Waals surface area contributed by atoms with E-state index in [1.54, 1.807) is 36.3 Å². The van der Waals surface area contributed by atoms with Crippen LogP contribution in [0.2, 0.25) is 0 Å². The van der Waals surface area contributed by atoms with Gasteiger partial charge in [-0.25, -0.2) is 4.39 Å². The molecule has 10 heteroatoms. The number of carbonyl (C=O) groups excluding carboxylic acids is 2. The molecular weight excluding hydrogens is 377 g/mol. The number of aryl methyl sites for hydroxylation is 1. The minimum absolute atomic E-state index is 0.109. The zero-order valence-corrected chi connectivity index (χ0v) is 15.8. The maximum atomic E-state index is 13.7. The predicted molar refractivity (Wildman–Crippen MR) is 102 cm³/mol. The number of halogens is 1. The molecule has 1 aliphatic heterocycles. The Morgan fingerprint density at radius 1 is 1.21 bits per heavy atom. The van der Waals surface area contributed by atoms with Crippen molar-refractivity contribution in [3.8, 4) is 0 Å². The van der Waals surface area contributed by atoms with Gasteiger partial charge in [-0.1, -0.05) is 17.3 Å². The van der Waals surface area contributed by atoms with E-state index < -0.39 is 11.7 Å². The molecule has 1 fully saturated rings. The number of H-pyrrole nitrogens is 1. The number of aromatic amines is 1. The molecule has 1 aromatic carbocycles. The smallest absolute Gasteiger partial charge is 0.276 e. The number of nitrogens with one attached hydrogen (secondary N) is 2. The van der Waals surface area contributed by atoms with Gasteiger partial charge in [-0.05, 0) is 31.0 Å². The molecule has 2 amide bonds. The molecule has 0 aliphatic carbocycles. The summed E-state index contributed by atoms with van der Waals surface area (Å²) in [6.45, 7) is 1.16. The van der Waals surface area contributed by atoms with E-state index in [0.29, 0.717) is 18.8 Å². The highest BCUT2D eigenvalue weighted by Gasteiger charge is 2.27. The normalized spacial score (nSPS) is 14.8. The number of rotatable bonds is 4. The Balaban J connectivity index is 1.36. The van der Waals surface area contributed by atoms with Gasteiger partial charge in [0.2, 0.25) is 0 Å². The van der Waals surface area contributed by atoms with Crippen LogP contribution in [-0.4, -0.2) is 55.0 Å². The number of anilines is 1. The molecule has 0 radical (unpaired) electrons. The Bertz CT molecular complexity index is 1040. The molecule has 0 atom stereocenters. The summed E-state index contributed by atoms with van der Waals surface area (Å²) in [5, 5.41) is 17.1. The van der Waals surface area contributed by atoms with Gasteiger partial charge in [0.1, 0.15) is 5.82 Å². The van der Waals surface area contributed by atoms with Crippen LogP contribution in [-0.2, 0) is 7.05 Å². The van der Waals surface area contributed by atoms with Crippen LogP contribution in [0.5, 0.6) is 0 Å². The maximum absolute atomic E-state index is 13.7. The van der Waals surface area contributed by atoms with Gasteiger partial charge in [-0.3, -0.25) is 19.4 Å². The van der Waals surface area contributed by atoms with Crippen molar-refractivity contribution < 1.29 is 14.0 Å². The first-order valence-electron chi connectivity index (χ1n) is 9.28. The van der Waals surface area contributed by atoms with Gasteiger partial charge in [0.05, 0.1) is 11.9 Å². The highest BCUT2D eigenvalue weighted by Crippen LogP contribution is 2.28. The van der Waals surface area contributed by atoms with Crippen molar-refractivity contribution in [2.24, 2.45) is 7.05 Å². The number of hydrogen-bond donors (Lipinski definition) is 2. The number of benzene rings is 1. The van der Waals surface area contributed by atoms with Crippen LogP contribution in [0.1, 0.15) is 45.4 Å². The Morgan fingerprint density at radius 3 is 2.66 bits per heavy atom. The van der Waals surface area contributed by atoms with Crippen molar-refractivity contribution >= 4 is 17.5 Å². The van der Waals surface area contributed by atoms with Gasteiger partial charge in [0.15, 0.2) is 11.4 Å². The number of para-hydroxylation sites is 1. The van der Waals surface area contributed by atoms with Crippen molar-refractivity contribution in [1.82, 2.24) is 30.1 Å². The third-order valence-corrected chi connectivity index (χ3v) is 5.00. The van der Waals surface area contributed by atoms with Crippen molar-refractivity contribution in [1.29, 1.82) is 0 Å². The van der Waals surface area contributed by atoms with Crippen LogP contribution in [0.25, 0.3) is 0 Å². The van der Waals surface area contributed by atoms with E-state index in [4.69, 9.17) is 0 Å². The number of aromatic nitrogens is 5. The van der Waals surface area contributed by atoms with Gasteiger partial charge >= 0.3 is 0 Å². The average Bonchev–Trinajstić information content (AvgIpc) is 3.39. The summed E-state index contributed by atoms with van der Waals surface area (Å²) in [5.41, 5.74) is 1.47. The number of piperidine rings is 1. The first kappa shape index (κ1) is 18.8. The molecule has 1 aliphatic rings. The second-order valence-electron chi connectivity index (χ2n) is 6.99. The summed E-state index contributed by atoms with van der Waals surface area (Å²) in [5.74, 6) is -0.959. The predicted octanol–water partition coefficient (Wildman–Crippen LogP) is 1.95. The fourth-order valence-corrected chi connectivity index (χ4v) is 3.41. The van der Waals surface area contributed by atoms with E-state index in [1.807, 2.05) is 0 Å². The SMILES string of the molecule is Cn1cc(C(=O)N2CCC(c3cc(C(=O)Nc4ccccc4F)n[nH]3)CC2)nn1. The molecule has 3 heterocycles. The summed E-state index contributed by atoms with van der Waals surface area (Å²) < 4.78 is 15.2. The average molecular weight is 397 g/mol. The summed E-state index contributed by atoms with van der Waals surface area (Å²) in [7, 11) is 1.72. The maximum Gasteiger partial charge on any atom is 0.276 e. The van der Waals surface area contributed by atoms with Gasteiger partial charge in [0, 0.05) is 31.7 Å². The summed E-state index contributed by atoms with van der Waals surface area (Å²) >= 11 is 0. The lowest BCUT2D eigenvalue weighted by Crippen LogP contribution is -2.38. The molecule has 0 bridgehead atoms. The first-order chi connectivity index (χ1) is 14.0. The third kappa shape index (κ3) is 4.00. The molecule has 2 N–H and O–H groups in total. The topological polar surface area (TPSA) is 109 Å². The van der Waals surface area contributed by atoms with Gasteiger partial charge in [-0.15, -0.1) is 5.10 Å². The molecule has 9 nitrogen and oxygen atoms in total. The van der Waals surface area contributed by atoms with Crippen LogP contribution in [0.3, 0.4) is 0 Å². The minimum atomic E-state index is -0.503. The second-order valence-corrected chi connectivity index (χ2v) is 6.99. The van der Waals surface area contributed by atoms with Crippen LogP contribution in [0, 0.1) is 5.82 Å². The summed E-state index contributed by atoms with van der Waals surface area (Å²) in [6, 6.07) is 7.65. The van der Waals surface area contributed by atoms with E-state index >= 15 is 0 Å². The van der Waals surface area contributed by atoms with Crippen LogP contribution in [0.4, 0.5) is 10.1 Å². The molecule has 3 aromatic rings. The monoisotopic (exact) mass is 397 g/mol. The van der Waals surface area contributed by atoms with E-state index in [9.17, 15) is 14.0 Å². The zero-order chi connectivity index (χ0) is 20.4. The number of amides is 2. The standard InChI is InChI=1S/C19H20FN7O2/c1-26-11-17(24-25-26)19(29)27-8-6-12(7-9-27)15-10-16(23-22-15)18(28)21-14-5-3-2-4-13(14)20/h2-5,10-12H,6-9H2,1H3,(H,21,28)(H,22,23).